The summed E-state index contributed by atoms with van der Waals surface area (Å²) in [7, 11) is 0. The minimum absolute atomic E-state index is 0.145. The second-order valence-electron chi connectivity index (χ2n) is 5.71. The third kappa shape index (κ3) is 5.27. The van der Waals surface area contributed by atoms with Gasteiger partial charge in [0.1, 0.15) is 0 Å². The molecule has 3 N–H and O–H groups in total. The van der Waals surface area contributed by atoms with Crippen LogP contribution in [-0.2, 0) is 0 Å². The van der Waals surface area contributed by atoms with E-state index in [0.717, 1.165) is 19.5 Å². The Morgan fingerprint density at radius 2 is 2.14 bits per heavy atom. The van der Waals surface area contributed by atoms with Gasteiger partial charge in [0.05, 0.1) is 6.10 Å². The maximum Gasteiger partial charge on any atom is 0.314 e. The average Bonchev–Trinajstić information content (AvgIpc) is 2.94. The summed E-state index contributed by atoms with van der Waals surface area (Å²) in [5.41, 5.74) is 1.25. The van der Waals surface area contributed by atoms with Crippen molar-refractivity contribution in [3.8, 4) is 0 Å². The number of rotatable bonds is 6. The lowest BCUT2D eigenvalue weighted by Gasteiger charge is -2.18. The van der Waals surface area contributed by atoms with Crippen molar-refractivity contribution in [2.45, 2.75) is 25.9 Å². The maximum absolute atomic E-state index is 11.6. The predicted molar refractivity (Wildman–Crippen MR) is 84.5 cm³/mol. The van der Waals surface area contributed by atoms with Crippen molar-refractivity contribution < 1.29 is 9.90 Å². The SMILES string of the molecule is CC(O)CCNC(=O)NCC1CCN(c2ccccc2)C1. The molecule has 2 atom stereocenters. The van der Waals surface area contributed by atoms with E-state index in [1.54, 1.807) is 6.92 Å². The molecule has 2 rings (SSSR count). The van der Waals surface area contributed by atoms with Crippen molar-refractivity contribution in [2.24, 2.45) is 5.92 Å². The lowest BCUT2D eigenvalue weighted by molar-refractivity contribution is 0.183. The molecule has 2 amide bonds. The highest BCUT2D eigenvalue weighted by Gasteiger charge is 2.22. The number of carbonyl (C=O) groups excluding carboxylic acids is 1. The maximum atomic E-state index is 11.6. The second-order valence-corrected chi connectivity index (χ2v) is 5.71. The highest BCUT2D eigenvalue weighted by molar-refractivity contribution is 5.73. The van der Waals surface area contributed by atoms with Gasteiger partial charge in [-0.05, 0) is 37.8 Å². The number of nitrogens with zero attached hydrogens (tertiary/aromatic N) is 1. The molecule has 0 saturated carbocycles. The van der Waals surface area contributed by atoms with Crippen LogP contribution >= 0.6 is 0 Å². The molecule has 116 valence electrons. The number of benzene rings is 1. The van der Waals surface area contributed by atoms with Crippen LogP contribution in [0.1, 0.15) is 19.8 Å². The summed E-state index contributed by atoms with van der Waals surface area (Å²) in [5, 5.41) is 14.8. The minimum Gasteiger partial charge on any atom is -0.393 e. The van der Waals surface area contributed by atoms with Gasteiger partial charge in [-0.1, -0.05) is 18.2 Å². The Balaban J connectivity index is 1.65. The quantitative estimate of drug-likeness (QED) is 0.745. The first-order valence-electron chi connectivity index (χ1n) is 7.65. The molecule has 0 aliphatic carbocycles. The van der Waals surface area contributed by atoms with Gasteiger partial charge in [0, 0.05) is 31.9 Å². The molecule has 1 aliphatic heterocycles. The minimum atomic E-state index is -0.375. The predicted octanol–water partition coefficient (Wildman–Crippen LogP) is 1.58. The number of carbonyl (C=O) groups is 1. The standard InChI is InChI=1S/C16H25N3O2/c1-13(20)7-9-17-16(21)18-11-14-8-10-19(12-14)15-5-3-2-4-6-15/h2-6,13-14,20H,7-12H2,1H3,(H2,17,18,21). The van der Waals surface area contributed by atoms with E-state index >= 15 is 0 Å². The molecule has 1 heterocycles. The van der Waals surface area contributed by atoms with Gasteiger partial charge in [0.2, 0.25) is 0 Å². The monoisotopic (exact) mass is 291 g/mol. The highest BCUT2D eigenvalue weighted by atomic mass is 16.3. The first-order chi connectivity index (χ1) is 10.1. The van der Waals surface area contributed by atoms with E-state index in [9.17, 15) is 4.79 Å². The molecule has 0 aromatic heterocycles. The van der Waals surface area contributed by atoms with Gasteiger partial charge < -0.3 is 20.6 Å². The number of hydrogen-bond donors (Lipinski definition) is 3. The van der Waals surface area contributed by atoms with Gasteiger partial charge in [-0.25, -0.2) is 4.79 Å². The van der Waals surface area contributed by atoms with E-state index < -0.39 is 0 Å². The lowest BCUT2D eigenvalue weighted by atomic mass is 10.1. The van der Waals surface area contributed by atoms with Crippen LogP contribution in [0.4, 0.5) is 10.5 Å². The molecule has 1 fully saturated rings. The Morgan fingerprint density at radius 3 is 2.86 bits per heavy atom. The summed E-state index contributed by atoms with van der Waals surface area (Å²) in [6.45, 7) is 4.95. The van der Waals surface area contributed by atoms with Crippen molar-refractivity contribution in [1.82, 2.24) is 10.6 Å². The summed E-state index contributed by atoms with van der Waals surface area (Å²) in [4.78, 5) is 14.0. The third-order valence-electron chi connectivity index (χ3n) is 3.81. The average molecular weight is 291 g/mol. The summed E-state index contributed by atoms with van der Waals surface area (Å²) in [6, 6.07) is 10.2. The zero-order valence-corrected chi connectivity index (χ0v) is 12.6. The van der Waals surface area contributed by atoms with E-state index in [1.165, 1.54) is 5.69 Å². The van der Waals surface area contributed by atoms with E-state index in [-0.39, 0.29) is 12.1 Å². The highest BCUT2D eigenvalue weighted by Crippen LogP contribution is 2.22. The summed E-state index contributed by atoms with van der Waals surface area (Å²) >= 11 is 0. The molecule has 2 unspecified atom stereocenters. The van der Waals surface area contributed by atoms with Crippen molar-refractivity contribution in [3.63, 3.8) is 0 Å². The normalized spacial score (nSPS) is 19.3. The number of aliphatic hydroxyl groups is 1. The largest absolute Gasteiger partial charge is 0.393 e. The Morgan fingerprint density at radius 1 is 1.38 bits per heavy atom. The molecule has 0 bridgehead atoms. The van der Waals surface area contributed by atoms with Gasteiger partial charge in [0.15, 0.2) is 0 Å². The fourth-order valence-corrected chi connectivity index (χ4v) is 2.57. The molecule has 1 aromatic carbocycles. The summed E-state index contributed by atoms with van der Waals surface area (Å²) in [5.74, 6) is 0.493. The van der Waals surface area contributed by atoms with Crippen molar-refractivity contribution in [1.29, 1.82) is 0 Å². The molecular formula is C16H25N3O2. The number of amides is 2. The molecule has 1 saturated heterocycles. The van der Waals surface area contributed by atoms with Crippen molar-refractivity contribution in [3.05, 3.63) is 30.3 Å². The third-order valence-corrected chi connectivity index (χ3v) is 3.81. The van der Waals surface area contributed by atoms with Crippen LogP contribution in [0.15, 0.2) is 30.3 Å². The summed E-state index contributed by atoms with van der Waals surface area (Å²) < 4.78 is 0. The van der Waals surface area contributed by atoms with Crippen LogP contribution in [0.2, 0.25) is 0 Å². The molecule has 5 nitrogen and oxygen atoms in total. The van der Waals surface area contributed by atoms with Gasteiger partial charge in [0.25, 0.3) is 0 Å². The van der Waals surface area contributed by atoms with Crippen LogP contribution in [0.25, 0.3) is 0 Å². The molecule has 1 aromatic rings. The zero-order chi connectivity index (χ0) is 15.1. The van der Waals surface area contributed by atoms with Crippen LogP contribution < -0.4 is 15.5 Å². The van der Waals surface area contributed by atoms with Gasteiger partial charge in [-0.2, -0.15) is 0 Å². The van der Waals surface area contributed by atoms with Crippen LogP contribution in [0.3, 0.4) is 0 Å². The molecule has 5 heteroatoms. The van der Waals surface area contributed by atoms with E-state index in [1.807, 2.05) is 6.07 Å². The molecule has 1 aliphatic rings. The van der Waals surface area contributed by atoms with Crippen molar-refractivity contribution >= 4 is 11.7 Å². The number of hydrogen-bond acceptors (Lipinski definition) is 3. The Kier molecular flexibility index (Phi) is 5.87. The fourth-order valence-electron chi connectivity index (χ4n) is 2.57. The number of urea groups is 1. The number of anilines is 1. The van der Waals surface area contributed by atoms with E-state index in [0.29, 0.717) is 25.4 Å². The van der Waals surface area contributed by atoms with Crippen LogP contribution in [0.5, 0.6) is 0 Å². The lowest BCUT2D eigenvalue weighted by Crippen LogP contribution is -2.39. The second kappa shape index (κ2) is 7.88. The first-order valence-corrected chi connectivity index (χ1v) is 7.65. The molecular weight excluding hydrogens is 266 g/mol. The first kappa shape index (κ1) is 15.6. The smallest absolute Gasteiger partial charge is 0.314 e. The van der Waals surface area contributed by atoms with Crippen LogP contribution in [-0.4, -0.2) is 43.4 Å². The Bertz CT molecular complexity index is 436. The number of aliphatic hydroxyl groups excluding tert-OH is 1. The van der Waals surface area contributed by atoms with Gasteiger partial charge >= 0.3 is 6.03 Å². The number of para-hydroxylation sites is 1. The van der Waals surface area contributed by atoms with Crippen LogP contribution in [0, 0.1) is 5.92 Å². The summed E-state index contributed by atoms with van der Waals surface area (Å²) in [6.07, 6.45) is 1.31. The Labute approximate surface area is 126 Å². The van der Waals surface area contributed by atoms with E-state index in [2.05, 4.69) is 39.8 Å². The molecule has 21 heavy (non-hydrogen) atoms. The molecule has 0 spiro atoms. The van der Waals surface area contributed by atoms with Gasteiger partial charge in [-0.15, -0.1) is 0 Å². The van der Waals surface area contributed by atoms with Gasteiger partial charge in [-0.3, -0.25) is 0 Å². The topological polar surface area (TPSA) is 64.6 Å². The Hall–Kier alpha value is -1.75. The van der Waals surface area contributed by atoms with E-state index in [4.69, 9.17) is 5.11 Å². The zero-order valence-electron chi connectivity index (χ0n) is 12.6. The molecule has 0 radical (unpaired) electrons. The number of nitrogens with one attached hydrogen (secondary N) is 2. The van der Waals surface area contributed by atoms with Crippen molar-refractivity contribution in [2.75, 3.05) is 31.1 Å². The fraction of sp³-hybridized carbons (Fsp3) is 0.562.